The van der Waals surface area contributed by atoms with Crippen molar-refractivity contribution in [2.24, 2.45) is 7.05 Å². The van der Waals surface area contributed by atoms with Crippen molar-refractivity contribution >= 4 is 22.5 Å². The van der Waals surface area contributed by atoms with Crippen molar-refractivity contribution in [2.75, 3.05) is 11.4 Å². The Labute approximate surface area is 260 Å². The van der Waals surface area contributed by atoms with Crippen LogP contribution in [-0.4, -0.2) is 20.7 Å². The summed E-state index contributed by atoms with van der Waals surface area (Å²) in [5.41, 5.74) is 8.54. The van der Waals surface area contributed by atoms with Crippen LogP contribution < -0.4 is 9.64 Å². The van der Waals surface area contributed by atoms with Gasteiger partial charge in [-0.15, -0.1) is 0 Å². The van der Waals surface area contributed by atoms with Crippen molar-refractivity contribution in [2.45, 2.75) is 65.2 Å². The van der Waals surface area contributed by atoms with Crippen molar-refractivity contribution in [1.29, 1.82) is 0 Å². The fourth-order valence-corrected chi connectivity index (χ4v) is 6.58. The van der Waals surface area contributed by atoms with E-state index >= 15 is 0 Å². The zero-order valence-corrected chi connectivity index (χ0v) is 27.9. The van der Waals surface area contributed by atoms with Gasteiger partial charge >= 0.3 is 217 Å². The second-order valence-electron chi connectivity index (χ2n) is 13.4. The maximum absolute atomic E-state index is 6.69. The normalized spacial score (nSPS) is 13.9. The van der Waals surface area contributed by atoms with E-state index in [0.717, 1.165) is 46.2 Å². The number of aryl methyl sites for hydroxylation is 2. The van der Waals surface area contributed by atoms with Crippen LogP contribution in [0.15, 0.2) is 79.0 Å². The Hall–Kier alpha value is -3.43. The molecule has 0 radical (unpaired) electrons. The Balaban J connectivity index is 1.42. The monoisotopic (exact) mass is 739 g/mol. The Bertz CT molecular complexity index is 1850. The molecule has 6 rings (SSSR count). The molecule has 5 nitrogen and oxygen atoms in total. The number of rotatable bonds is 4. The molecule has 3 heterocycles. The summed E-state index contributed by atoms with van der Waals surface area (Å²) in [5.74, 6) is 2.67. The van der Waals surface area contributed by atoms with Crippen molar-refractivity contribution in [3.8, 4) is 17.2 Å². The molecule has 0 unspecified atom stereocenters. The molecule has 0 atom stereocenters. The number of hydrogen-bond donors (Lipinski definition) is 0. The minimum atomic E-state index is -0.0404. The van der Waals surface area contributed by atoms with Crippen molar-refractivity contribution in [3.05, 3.63) is 99.5 Å². The molecule has 1 aliphatic heterocycles. The van der Waals surface area contributed by atoms with E-state index in [9.17, 15) is 0 Å². The summed E-state index contributed by atoms with van der Waals surface area (Å²) in [6.45, 7) is 14.5. The van der Waals surface area contributed by atoms with Crippen LogP contribution in [0.2, 0.25) is 0 Å². The summed E-state index contributed by atoms with van der Waals surface area (Å²) in [4.78, 5) is 7.14. The number of pyridine rings is 1. The number of imidazole rings is 1. The molecule has 3 aromatic carbocycles. The SMILES string of the molecule is Cn1[c](=[Pt])n(-c2cc(Oc3ccc4c(c3)N(c3cc(C(C)(C)C)ccn3)CCC4)cc(C(C)(C)C)c2)c2ccccc21. The van der Waals surface area contributed by atoms with Gasteiger partial charge in [-0.3, -0.25) is 0 Å². The Morgan fingerprint density at radius 1 is 0.786 bits per heavy atom. The van der Waals surface area contributed by atoms with Gasteiger partial charge in [0.1, 0.15) is 0 Å². The fourth-order valence-electron chi connectivity index (χ4n) is 5.74. The third kappa shape index (κ3) is 5.40. The third-order valence-corrected chi connectivity index (χ3v) is 9.50. The Kier molecular flexibility index (Phi) is 7.30. The summed E-state index contributed by atoms with van der Waals surface area (Å²) in [6.07, 6.45) is 4.11. The summed E-state index contributed by atoms with van der Waals surface area (Å²) in [7, 11) is 2.12. The number of para-hydroxylation sites is 2. The number of hydrogen-bond acceptors (Lipinski definition) is 3. The fraction of sp³-hybridized carbons (Fsp3) is 0.333. The van der Waals surface area contributed by atoms with E-state index < -0.39 is 0 Å². The average molecular weight is 740 g/mol. The first-order valence-corrected chi connectivity index (χ1v) is 15.9. The molecule has 0 N–H and O–H groups in total. The van der Waals surface area contributed by atoms with Crippen LogP contribution >= 0.6 is 0 Å². The summed E-state index contributed by atoms with van der Waals surface area (Å²) >= 11 is 2.42. The van der Waals surface area contributed by atoms with Crippen LogP contribution in [0, 0.1) is 3.80 Å². The number of anilines is 2. The zero-order valence-electron chi connectivity index (χ0n) is 25.6. The Morgan fingerprint density at radius 2 is 1.52 bits per heavy atom. The molecule has 0 saturated heterocycles. The van der Waals surface area contributed by atoms with Gasteiger partial charge in [0, 0.05) is 6.20 Å². The average Bonchev–Trinajstić information content (AvgIpc) is 3.21. The number of aromatic nitrogens is 3. The van der Waals surface area contributed by atoms with Crippen LogP contribution in [0.4, 0.5) is 11.5 Å². The molecule has 1 aliphatic rings. The molecule has 0 fully saturated rings. The van der Waals surface area contributed by atoms with Crippen molar-refractivity contribution in [3.63, 3.8) is 0 Å². The predicted molar refractivity (Wildman–Crippen MR) is 169 cm³/mol. The summed E-state index contributed by atoms with van der Waals surface area (Å²) in [6, 6.07) is 26.1. The molecule has 0 aliphatic carbocycles. The second-order valence-corrected chi connectivity index (χ2v) is 14.4. The van der Waals surface area contributed by atoms with Crippen molar-refractivity contribution in [1.82, 2.24) is 14.1 Å². The molecular weight excluding hydrogens is 700 g/mol. The van der Waals surface area contributed by atoms with E-state index in [2.05, 4.69) is 155 Å². The van der Waals surface area contributed by atoms with Gasteiger partial charge < -0.3 is 0 Å². The van der Waals surface area contributed by atoms with Gasteiger partial charge in [0.2, 0.25) is 0 Å². The summed E-state index contributed by atoms with van der Waals surface area (Å²) in [5, 5.41) is 0. The van der Waals surface area contributed by atoms with E-state index in [4.69, 9.17) is 9.72 Å². The van der Waals surface area contributed by atoms with Gasteiger partial charge in [0.25, 0.3) is 0 Å². The van der Waals surface area contributed by atoms with E-state index in [1.165, 1.54) is 33.4 Å². The van der Waals surface area contributed by atoms with Crippen LogP contribution in [0.3, 0.4) is 0 Å². The standard InChI is InChI=1S/C36H40N4O.Pt/c1-35(2,3)26-16-17-37-34(21-26)39-18-10-11-25-14-15-29(23-33(25)39)41-30-20-27(36(4,5)6)19-28(22-30)40-24-38(7)31-12-8-9-13-32(31)40;/h8-9,12-17,19-23H,10-11,18H2,1-7H3;. The quantitative estimate of drug-likeness (QED) is 0.185. The zero-order chi connectivity index (χ0) is 29.8. The molecule has 6 heteroatoms. The van der Waals surface area contributed by atoms with Gasteiger partial charge in [0.15, 0.2) is 0 Å². The van der Waals surface area contributed by atoms with Crippen LogP contribution in [-0.2, 0) is 43.7 Å². The van der Waals surface area contributed by atoms with Gasteiger partial charge in [-0.1, -0.05) is 20.8 Å². The van der Waals surface area contributed by atoms with Crippen LogP contribution in [0.5, 0.6) is 11.5 Å². The molecule has 0 bridgehead atoms. The molecule has 5 aromatic rings. The summed E-state index contributed by atoms with van der Waals surface area (Å²) < 4.78 is 12.4. The van der Waals surface area contributed by atoms with E-state index in [1.54, 1.807) is 0 Å². The molecule has 42 heavy (non-hydrogen) atoms. The van der Waals surface area contributed by atoms with E-state index in [0.29, 0.717) is 0 Å². The number of ether oxygens (including phenoxy) is 1. The third-order valence-electron chi connectivity index (χ3n) is 8.23. The second kappa shape index (κ2) is 10.7. The number of benzene rings is 3. The van der Waals surface area contributed by atoms with Gasteiger partial charge in [-0.05, 0) is 17.0 Å². The number of fused-ring (bicyclic) bond motifs is 2. The molecule has 2 aromatic heterocycles. The van der Waals surface area contributed by atoms with Gasteiger partial charge in [-0.2, -0.15) is 0 Å². The molecule has 0 saturated carbocycles. The topological polar surface area (TPSA) is 35.2 Å². The van der Waals surface area contributed by atoms with Crippen LogP contribution in [0.25, 0.3) is 16.7 Å². The maximum atomic E-state index is 6.69. The molecule has 220 valence electrons. The molecule has 0 spiro atoms. The first-order valence-electron chi connectivity index (χ1n) is 14.7. The number of nitrogens with zero attached hydrogens (tertiary/aromatic N) is 4. The Morgan fingerprint density at radius 3 is 2.26 bits per heavy atom. The van der Waals surface area contributed by atoms with Gasteiger partial charge in [-0.25, -0.2) is 0 Å². The predicted octanol–water partition coefficient (Wildman–Crippen LogP) is 8.91. The van der Waals surface area contributed by atoms with Crippen LogP contribution in [0.1, 0.15) is 64.7 Å². The van der Waals surface area contributed by atoms with E-state index in [1.807, 2.05) is 6.20 Å². The minimum absolute atomic E-state index is 0.0404. The molecular formula is C36H40N4OPt. The first-order chi connectivity index (χ1) is 19.9. The molecule has 0 amide bonds. The van der Waals surface area contributed by atoms with Gasteiger partial charge in [0.05, 0.1) is 0 Å². The van der Waals surface area contributed by atoms with Crippen molar-refractivity contribution < 1.29 is 24.1 Å². The van der Waals surface area contributed by atoms with E-state index in [-0.39, 0.29) is 10.8 Å². The first kappa shape index (κ1) is 28.7.